The van der Waals surface area contributed by atoms with Gasteiger partial charge in [-0.1, -0.05) is 41.9 Å². The minimum atomic E-state index is -0.207. The topological polar surface area (TPSA) is 46.9 Å². The lowest BCUT2D eigenvalue weighted by Crippen LogP contribution is -2.17. The van der Waals surface area contributed by atoms with Crippen LogP contribution in [0.1, 0.15) is 28.5 Å². The zero-order valence-electron chi connectivity index (χ0n) is 14.1. The Kier molecular flexibility index (Phi) is 5.51. The number of benzene rings is 1. The fraction of sp³-hybridized carbons (Fsp3) is 0.200. The first-order valence-corrected chi connectivity index (χ1v) is 8.69. The second kappa shape index (κ2) is 7.99. The summed E-state index contributed by atoms with van der Waals surface area (Å²) in [6, 6.07) is 15.9. The van der Waals surface area contributed by atoms with E-state index in [2.05, 4.69) is 22.4 Å². The first-order chi connectivity index (χ1) is 12.2. The molecule has 3 aromatic rings. The normalized spacial score (nSPS) is 10.6. The molecule has 4 nitrogen and oxygen atoms in total. The average Bonchev–Trinajstić information content (AvgIpc) is 3.02. The molecule has 0 aliphatic heterocycles. The van der Waals surface area contributed by atoms with Crippen LogP contribution in [-0.4, -0.2) is 15.5 Å². The molecule has 0 unspecified atom stereocenters. The van der Waals surface area contributed by atoms with Gasteiger partial charge in [0.05, 0.1) is 5.02 Å². The van der Waals surface area contributed by atoms with Crippen LogP contribution < -0.4 is 5.32 Å². The number of carbonyl (C=O) groups is 1. The number of rotatable bonds is 6. The largest absolute Gasteiger partial charge is 0.342 e. The number of carbonyl (C=O) groups excluding carboxylic acids is 1. The molecule has 1 aromatic carbocycles. The van der Waals surface area contributed by atoms with Crippen molar-refractivity contribution in [2.45, 2.75) is 26.3 Å². The Hall–Kier alpha value is -2.59. The van der Waals surface area contributed by atoms with Crippen LogP contribution in [0.2, 0.25) is 5.02 Å². The first kappa shape index (κ1) is 17.2. The lowest BCUT2D eigenvalue weighted by Gasteiger charge is -2.08. The first-order valence-electron chi connectivity index (χ1n) is 8.31. The summed E-state index contributed by atoms with van der Waals surface area (Å²) in [6.07, 6.45) is 5.32. The molecule has 0 bridgehead atoms. The lowest BCUT2D eigenvalue weighted by molar-refractivity contribution is 0.101. The highest BCUT2D eigenvalue weighted by atomic mass is 35.5. The van der Waals surface area contributed by atoms with E-state index in [1.807, 2.05) is 41.8 Å². The van der Waals surface area contributed by atoms with Crippen LogP contribution in [0.15, 0.2) is 60.9 Å². The van der Waals surface area contributed by atoms with Crippen molar-refractivity contribution < 1.29 is 4.79 Å². The van der Waals surface area contributed by atoms with Crippen molar-refractivity contribution in [2.75, 3.05) is 5.32 Å². The van der Waals surface area contributed by atoms with Crippen LogP contribution in [0.25, 0.3) is 0 Å². The maximum Gasteiger partial charge on any atom is 0.273 e. The number of hydrogen-bond acceptors (Lipinski definition) is 2. The van der Waals surface area contributed by atoms with Gasteiger partial charge in [-0.25, -0.2) is 4.98 Å². The van der Waals surface area contributed by atoms with E-state index >= 15 is 0 Å². The molecule has 0 spiro atoms. The van der Waals surface area contributed by atoms with Crippen molar-refractivity contribution in [1.29, 1.82) is 0 Å². The Balaban J connectivity index is 1.68. The summed E-state index contributed by atoms with van der Waals surface area (Å²) in [5.74, 6) is 0.344. The maximum absolute atomic E-state index is 12.5. The average molecular weight is 354 g/mol. The van der Waals surface area contributed by atoms with Crippen molar-refractivity contribution in [3.8, 4) is 0 Å². The summed E-state index contributed by atoms with van der Waals surface area (Å²) < 4.78 is 1.82. The maximum atomic E-state index is 12.5. The second-order valence-corrected chi connectivity index (χ2v) is 6.26. The minimum absolute atomic E-state index is 0.207. The summed E-state index contributed by atoms with van der Waals surface area (Å²) in [7, 11) is 0. The molecule has 0 atom stereocenters. The van der Waals surface area contributed by atoms with Gasteiger partial charge in [-0.05, 0) is 49.1 Å². The number of amides is 1. The predicted molar refractivity (Wildman–Crippen MR) is 101 cm³/mol. The van der Waals surface area contributed by atoms with Crippen molar-refractivity contribution >= 4 is 23.3 Å². The molecule has 2 heterocycles. The van der Waals surface area contributed by atoms with Crippen LogP contribution in [0, 0.1) is 0 Å². The lowest BCUT2D eigenvalue weighted by atomic mass is 10.1. The summed E-state index contributed by atoms with van der Waals surface area (Å²) in [6.45, 7) is 2.65. The Morgan fingerprint density at radius 1 is 1.12 bits per heavy atom. The van der Waals surface area contributed by atoms with Gasteiger partial charge >= 0.3 is 0 Å². The quantitative estimate of drug-likeness (QED) is 0.704. The highest BCUT2D eigenvalue weighted by molar-refractivity contribution is 6.31. The summed E-state index contributed by atoms with van der Waals surface area (Å²) in [5, 5.41) is 3.41. The number of hydrogen-bond donors (Lipinski definition) is 1. The third-order valence-corrected chi connectivity index (χ3v) is 4.25. The number of aromatic nitrogens is 2. The van der Waals surface area contributed by atoms with Gasteiger partial charge < -0.3 is 9.88 Å². The molecule has 0 aliphatic rings. The van der Waals surface area contributed by atoms with Crippen LogP contribution in [-0.2, 0) is 19.4 Å². The molecular formula is C20H20ClN3O. The predicted octanol–water partition coefficient (Wildman–Crippen LogP) is 4.59. The molecule has 3 rings (SSSR count). The van der Waals surface area contributed by atoms with Gasteiger partial charge in [-0.3, -0.25) is 4.79 Å². The Bertz CT molecular complexity index is 858. The highest BCUT2D eigenvalue weighted by Crippen LogP contribution is 2.16. The Morgan fingerprint density at radius 2 is 1.88 bits per heavy atom. The molecule has 0 radical (unpaired) electrons. The molecule has 0 saturated heterocycles. The van der Waals surface area contributed by atoms with Gasteiger partial charge in [-0.15, -0.1) is 0 Å². The molecule has 0 saturated carbocycles. The van der Waals surface area contributed by atoms with Crippen molar-refractivity contribution in [3.05, 3.63) is 82.8 Å². The third-order valence-electron chi connectivity index (χ3n) is 4.05. The fourth-order valence-electron chi connectivity index (χ4n) is 2.74. The van der Waals surface area contributed by atoms with Crippen molar-refractivity contribution in [2.24, 2.45) is 0 Å². The number of halogens is 1. The standard InChI is InChI=1S/C20H20ClN3O/c1-2-24-14-17(21)13-18(24)20(25)23-19-12-16(10-11-22-19)9-8-15-6-4-3-5-7-15/h3-7,10-14H,2,8-9H2,1H3,(H,22,23,25). The van der Waals surface area contributed by atoms with E-state index in [0.717, 1.165) is 18.4 Å². The van der Waals surface area contributed by atoms with Gasteiger partial charge in [0, 0.05) is 18.9 Å². The molecular weight excluding hydrogens is 334 g/mol. The van der Waals surface area contributed by atoms with Crippen molar-refractivity contribution in [1.82, 2.24) is 9.55 Å². The second-order valence-electron chi connectivity index (χ2n) is 5.82. The number of nitrogens with one attached hydrogen (secondary N) is 1. The van der Waals surface area contributed by atoms with Crippen LogP contribution in [0.3, 0.4) is 0 Å². The molecule has 1 amide bonds. The van der Waals surface area contributed by atoms with E-state index in [4.69, 9.17) is 11.6 Å². The minimum Gasteiger partial charge on any atom is -0.342 e. The van der Waals surface area contributed by atoms with E-state index in [1.165, 1.54) is 5.56 Å². The molecule has 0 aliphatic carbocycles. The third kappa shape index (κ3) is 4.48. The summed E-state index contributed by atoms with van der Waals surface area (Å²) >= 11 is 6.00. The van der Waals surface area contributed by atoms with Crippen LogP contribution in [0.4, 0.5) is 5.82 Å². The van der Waals surface area contributed by atoms with Gasteiger partial charge in [0.15, 0.2) is 0 Å². The van der Waals surface area contributed by atoms with E-state index in [-0.39, 0.29) is 5.91 Å². The van der Waals surface area contributed by atoms with Crippen LogP contribution in [0.5, 0.6) is 0 Å². The van der Waals surface area contributed by atoms with E-state index < -0.39 is 0 Å². The molecule has 5 heteroatoms. The highest BCUT2D eigenvalue weighted by Gasteiger charge is 2.13. The van der Waals surface area contributed by atoms with Crippen molar-refractivity contribution in [3.63, 3.8) is 0 Å². The molecule has 1 N–H and O–H groups in total. The van der Waals surface area contributed by atoms with Gasteiger partial charge in [0.2, 0.25) is 0 Å². The molecule has 25 heavy (non-hydrogen) atoms. The molecule has 0 fully saturated rings. The number of nitrogens with zero attached hydrogens (tertiary/aromatic N) is 2. The van der Waals surface area contributed by atoms with Crippen LogP contribution >= 0.6 is 11.6 Å². The summed E-state index contributed by atoms with van der Waals surface area (Å²) in [4.78, 5) is 16.7. The molecule has 128 valence electrons. The van der Waals surface area contributed by atoms with Gasteiger partial charge in [0.1, 0.15) is 11.5 Å². The van der Waals surface area contributed by atoms with E-state index in [9.17, 15) is 4.79 Å². The fourth-order valence-corrected chi connectivity index (χ4v) is 2.96. The van der Waals surface area contributed by atoms with E-state index in [1.54, 1.807) is 18.5 Å². The smallest absolute Gasteiger partial charge is 0.273 e. The zero-order valence-corrected chi connectivity index (χ0v) is 14.8. The Labute approximate surface area is 152 Å². The molecule has 2 aromatic heterocycles. The number of aryl methyl sites for hydroxylation is 3. The van der Waals surface area contributed by atoms with E-state index in [0.29, 0.717) is 23.1 Å². The number of pyridine rings is 1. The summed E-state index contributed by atoms with van der Waals surface area (Å²) in [5.41, 5.74) is 2.96. The zero-order chi connectivity index (χ0) is 17.6. The Morgan fingerprint density at radius 3 is 2.64 bits per heavy atom. The van der Waals surface area contributed by atoms with Gasteiger partial charge in [0.25, 0.3) is 5.91 Å². The number of anilines is 1. The van der Waals surface area contributed by atoms with Gasteiger partial charge in [-0.2, -0.15) is 0 Å². The monoisotopic (exact) mass is 353 g/mol. The SMILES string of the molecule is CCn1cc(Cl)cc1C(=O)Nc1cc(CCc2ccccc2)ccn1.